The van der Waals surface area contributed by atoms with E-state index in [1.54, 1.807) is 4.90 Å². The topological polar surface area (TPSA) is 110 Å². The van der Waals surface area contributed by atoms with E-state index in [-0.39, 0.29) is 11.9 Å². The maximum absolute atomic E-state index is 13.0. The van der Waals surface area contributed by atoms with Crippen molar-refractivity contribution in [3.05, 3.63) is 48.0 Å². The third kappa shape index (κ3) is 7.35. The van der Waals surface area contributed by atoms with Gasteiger partial charge in [0, 0.05) is 18.8 Å². The lowest BCUT2D eigenvalue weighted by Gasteiger charge is -2.40. The van der Waals surface area contributed by atoms with E-state index >= 15 is 0 Å². The largest absolute Gasteiger partial charge is 0.490 e. The van der Waals surface area contributed by atoms with Crippen LogP contribution in [0.3, 0.4) is 0 Å². The maximum Gasteiger partial charge on any atom is 0.490 e. The first-order chi connectivity index (χ1) is 16.4. The second kappa shape index (κ2) is 12.3. The second-order valence-electron chi connectivity index (χ2n) is 8.23. The molecular weight excluding hydrogens is 485 g/mol. The zero-order chi connectivity index (χ0) is 26.2. The molecule has 1 fully saturated rings. The number of benzene rings is 2. The number of rotatable bonds is 6. The van der Waals surface area contributed by atoms with Gasteiger partial charge >= 0.3 is 18.1 Å². The first-order valence-corrected chi connectivity index (χ1v) is 11.7. The molecule has 1 amide bonds. The van der Waals surface area contributed by atoms with Crippen LogP contribution < -0.4 is 5.73 Å². The molecule has 2 aromatic rings. The average Bonchev–Trinajstić information content (AvgIpc) is 2.83. The molecule has 0 aliphatic carbocycles. The number of ether oxygens (including phenoxy) is 1. The molecule has 0 radical (unpaired) electrons. The number of carbonyl (C=O) groups excluding carboxylic acids is 2. The van der Waals surface area contributed by atoms with Crippen molar-refractivity contribution in [3.8, 4) is 0 Å². The fourth-order valence-corrected chi connectivity index (χ4v) is 4.17. The molecule has 7 nitrogen and oxygen atoms in total. The molecule has 3 rings (SSSR count). The van der Waals surface area contributed by atoms with Crippen molar-refractivity contribution in [2.24, 2.45) is 11.1 Å². The van der Waals surface area contributed by atoms with Crippen LogP contribution in [-0.2, 0) is 25.5 Å². The molecular formula is C24H29F3N2O5S. The Hall–Kier alpha value is -2.79. The number of fused-ring (bicyclic) bond motifs is 1. The summed E-state index contributed by atoms with van der Waals surface area (Å²) in [5, 5.41) is 9.44. The Kier molecular flexibility index (Phi) is 9.96. The van der Waals surface area contributed by atoms with E-state index in [2.05, 4.69) is 36.9 Å². The highest BCUT2D eigenvalue weighted by atomic mass is 32.1. The molecule has 0 bridgehead atoms. The number of piperidine rings is 1. The molecule has 0 spiro atoms. The molecule has 1 atom stereocenters. The molecule has 1 aliphatic rings. The lowest BCUT2D eigenvalue weighted by atomic mass is 9.73. The van der Waals surface area contributed by atoms with E-state index in [0.717, 1.165) is 16.3 Å². The number of carboxylic acid groups (broad SMARTS) is 1. The van der Waals surface area contributed by atoms with Crippen molar-refractivity contribution in [1.29, 1.82) is 0 Å². The van der Waals surface area contributed by atoms with Gasteiger partial charge in [-0.25, -0.2) is 4.79 Å². The number of carboxylic acids is 1. The zero-order valence-electron chi connectivity index (χ0n) is 19.3. The molecule has 1 saturated heterocycles. The standard InChI is InChI=1S/C22H28N2O3S.C2HF3O2/c1-2-27-21(26)22(10-12-24(13-11-22)20(25)19(23)15-28)14-17-8-5-7-16-6-3-4-9-18(16)17;3-2(4,5)1(6)7/h3-9,19,28H,2,10-15,23H2,1H3;(H,6,7)/t19-;/m0./s1. The average molecular weight is 515 g/mol. The maximum atomic E-state index is 13.0. The number of thiol groups is 1. The van der Waals surface area contributed by atoms with Gasteiger partial charge in [-0.05, 0) is 42.5 Å². The van der Waals surface area contributed by atoms with E-state index in [4.69, 9.17) is 20.4 Å². The molecule has 0 unspecified atom stereocenters. The predicted octanol–water partition coefficient (Wildman–Crippen LogP) is 3.44. The van der Waals surface area contributed by atoms with Gasteiger partial charge in [0.2, 0.25) is 5.91 Å². The first kappa shape index (κ1) is 28.4. The van der Waals surface area contributed by atoms with E-state index in [0.29, 0.717) is 44.7 Å². The second-order valence-corrected chi connectivity index (χ2v) is 8.60. The summed E-state index contributed by atoms with van der Waals surface area (Å²) in [7, 11) is 0. The van der Waals surface area contributed by atoms with Gasteiger partial charge in [0.05, 0.1) is 18.1 Å². The minimum Gasteiger partial charge on any atom is -0.475 e. The Morgan fingerprint density at radius 1 is 1.14 bits per heavy atom. The molecule has 11 heteroatoms. The number of aliphatic carboxylic acids is 1. The number of alkyl halides is 3. The van der Waals surface area contributed by atoms with Crippen LogP contribution in [0, 0.1) is 5.41 Å². The van der Waals surface area contributed by atoms with Crippen molar-refractivity contribution in [2.75, 3.05) is 25.4 Å². The van der Waals surface area contributed by atoms with Crippen LogP contribution in [-0.4, -0.2) is 65.5 Å². The van der Waals surface area contributed by atoms with E-state index < -0.39 is 23.6 Å². The van der Waals surface area contributed by atoms with Crippen LogP contribution in [0.2, 0.25) is 0 Å². The van der Waals surface area contributed by atoms with Crippen molar-refractivity contribution >= 4 is 41.2 Å². The Bertz CT molecular complexity index is 1030. The van der Waals surface area contributed by atoms with Crippen LogP contribution in [0.15, 0.2) is 42.5 Å². The Labute approximate surface area is 206 Å². The summed E-state index contributed by atoms with van der Waals surface area (Å²) in [6, 6.07) is 13.8. The summed E-state index contributed by atoms with van der Waals surface area (Å²) >= 11 is 4.12. The molecule has 2 aromatic carbocycles. The van der Waals surface area contributed by atoms with Gasteiger partial charge in [-0.15, -0.1) is 0 Å². The SMILES string of the molecule is CCOC(=O)C1(Cc2cccc3ccccc23)CCN(C(=O)[C@@H](N)CS)CC1.O=C(O)C(F)(F)F. The molecule has 35 heavy (non-hydrogen) atoms. The van der Waals surface area contributed by atoms with Crippen molar-refractivity contribution in [3.63, 3.8) is 0 Å². The van der Waals surface area contributed by atoms with Gasteiger partial charge in [-0.1, -0.05) is 42.5 Å². The van der Waals surface area contributed by atoms with Gasteiger partial charge in [-0.3, -0.25) is 9.59 Å². The summed E-state index contributed by atoms with van der Waals surface area (Å²) < 4.78 is 37.2. The minimum absolute atomic E-state index is 0.0994. The fraction of sp³-hybridized carbons (Fsp3) is 0.458. The minimum atomic E-state index is -5.08. The van der Waals surface area contributed by atoms with Crippen LogP contribution in [0.25, 0.3) is 10.8 Å². The number of likely N-dealkylation sites (tertiary alicyclic amines) is 1. The molecule has 1 heterocycles. The number of esters is 1. The van der Waals surface area contributed by atoms with Crippen LogP contribution in [0.4, 0.5) is 13.2 Å². The Balaban J connectivity index is 0.000000540. The summed E-state index contributed by atoms with van der Waals surface area (Å²) in [4.78, 5) is 36.0. The van der Waals surface area contributed by atoms with E-state index in [9.17, 15) is 22.8 Å². The number of nitrogens with two attached hydrogens (primary N) is 1. The van der Waals surface area contributed by atoms with Gasteiger partial charge in [0.1, 0.15) is 0 Å². The number of amides is 1. The Morgan fingerprint density at radius 2 is 1.71 bits per heavy atom. The number of hydrogen-bond acceptors (Lipinski definition) is 6. The lowest BCUT2D eigenvalue weighted by molar-refractivity contribution is -0.192. The smallest absolute Gasteiger partial charge is 0.475 e. The normalized spacial score (nSPS) is 16.1. The predicted molar refractivity (Wildman–Crippen MR) is 128 cm³/mol. The van der Waals surface area contributed by atoms with Gasteiger partial charge in [0.15, 0.2) is 0 Å². The third-order valence-electron chi connectivity index (χ3n) is 5.91. The zero-order valence-corrected chi connectivity index (χ0v) is 20.1. The Morgan fingerprint density at radius 3 is 2.26 bits per heavy atom. The highest BCUT2D eigenvalue weighted by molar-refractivity contribution is 7.80. The van der Waals surface area contributed by atoms with Crippen molar-refractivity contribution in [1.82, 2.24) is 4.90 Å². The van der Waals surface area contributed by atoms with Crippen molar-refractivity contribution < 1.29 is 37.4 Å². The summed E-state index contributed by atoms with van der Waals surface area (Å²) in [6.45, 7) is 3.19. The van der Waals surface area contributed by atoms with E-state index in [1.165, 1.54) is 0 Å². The van der Waals surface area contributed by atoms with Crippen LogP contribution in [0.5, 0.6) is 0 Å². The van der Waals surface area contributed by atoms with E-state index in [1.807, 2.05) is 25.1 Å². The van der Waals surface area contributed by atoms with Crippen molar-refractivity contribution in [2.45, 2.75) is 38.4 Å². The van der Waals surface area contributed by atoms with Gasteiger partial charge < -0.3 is 20.5 Å². The third-order valence-corrected chi connectivity index (χ3v) is 6.30. The van der Waals surface area contributed by atoms with Gasteiger partial charge in [0.25, 0.3) is 0 Å². The summed E-state index contributed by atoms with van der Waals surface area (Å²) in [5.41, 5.74) is 6.36. The molecule has 0 saturated carbocycles. The highest BCUT2D eigenvalue weighted by Crippen LogP contribution is 2.38. The van der Waals surface area contributed by atoms with Gasteiger partial charge in [-0.2, -0.15) is 25.8 Å². The quantitative estimate of drug-likeness (QED) is 0.403. The summed E-state index contributed by atoms with van der Waals surface area (Å²) in [6.07, 6.45) is -3.34. The van der Waals surface area contributed by atoms with Crippen LogP contribution >= 0.6 is 12.6 Å². The number of nitrogens with zero attached hydrogens (tertiary/aromatic N) is 1. The number of halogens is 3. The summed E-state index contributed by atoms with van der Waals surface area (Å²) in [5.74, 6) is -2.72. The fourth-order valence-electron chi connectivity index (χ4n) is 4.02. The molecule has 0 aromatic heterocycles. The lowest BCUT2D eigenvalue weighted by Crippen LogP contribution is -2.52. The van der Waals surface area contributed by atoms with Crippen LogP contribution in [0.1, 0.15) is 25.3 Å². The molecule has 1 aliphatic heterocycles. The molecule has 3 N–H and O–H groups in total. The first-order valence-electron chi connectivity index (χ1n) is 11.0. The number of carbonyl (C=O) groups is 3. The molecule has 192 valence electrons. The number of hydrogen-bond donors (Lipinski definition) is 3. The monoisotopic (exact) mass is 514 g/mol. The highest BCUT2D eigenvalue weighted by Gasteiger charge is 2.44.